The average Bonchev–Trinajstić information content (AvgIpc) is 3.11. The summed E-state index contributed by atoms with van der Waals surface area (Å²) in [6, 6.07) is 14.7. The Morgan fingerprint density at radius 1 is 1.04 bits per heavy atom. The number of rotatable bonds is 4. The summed E-state index contributed by atoms with van der Waals surface area (Å²) < 4.78 is 18.7. The number of aromatic nitrogens is 2. The Balaban J connectivity index is 1.53. The average molecular weight is 347 g/mol. The summed E-state index contributed by atoms with van der Waals surface area (Å²) in [6.07, 6.45) is 3.33. The molecule has 4 rings (SSSR count). The topological polar surface area (TPSA) is 68.0 Å². The number of carbonyl (C=O) groups is 1. The predicted octanol–water partition coefficient (Wildman–Crippen LogP) is 3.96. The SMILES string of the molecule is O=C(NCc1ccc(F)cc1)c1ccc2nc(-c3ccncc3)oc2c1. The molecule has 2 aromatic carbocycles. The predicted molar refractivity (Wildman–Crippen MR) is 94.8 cm³/mol. The molecule has 0 unspecified atom stereocenters. The first kappa shape index (κ1) is 16.0. The van der Waals surface area contributed by atoms with Gasteiger partial charge in [-0.05, 0) is 48.0 Å². The van der Waals surface area contributed by atoms with Crippen LogP contribution in [-0.4, -0.2) is 15.9 Å². The van der Waals surface area contributed by atoms with Gasteiger partial charge in [-0.3, -0.25) is 9.78 Å². The third-order valence-electron chi connectivity index (χ3n) is 3.94. The molecule has 26 heavy (non-hydrogen) atoms. The Hall–Kier alpha value is -3.54. The number of hydrogen-bond acceptors (Lipinski definition) is 4. The van der Waals surface area contributed by atoms with Crippen molar-refractivity contribution in [3.8, 4) is 11.5 Å². The highest BCUT2D eigenvalue weighted by atomic mass is 19.1. The van der Waals surface area contributed by atoms with Gasteiger partial charge < -0.3 is 9.73 Å². The number of pyridine rings is 1. The van der Waals surface area contributed by atoms with Gasteiger partial charge in [0.2, 0.25) is 5.89 Å². The lowest BCUT2D eigenvalue weighted by molar-refractivity contribution is 0.0951. The lowest BCUT2D eigenvalue weighted by Gasteiger charge is -2.05. The third-order valence-corrected chi connectivity index (χ3v) is 3.94. The fourth-order valence-corrected chi connectivity index (χ4v) is 2.57. The second-order valence-electron chi connectivity index (χ2n) is 5.75. The second kappa shape index (κ2) is 6.76. The van der Waals surface area contributed by atoms with Crippen molar-refractivity contribution in [3.05, 3.63) is 83.9 Å². The largest absolute Gasteiger partial charge is 0.436 e. The van der Waals surface area contributed by atoms with Crippen LogP contribution >= 0.6 is 0 Å². The van der Waals surface area contributed by atoms with Crippen LogP contribution in [0.3, 0.4) is 0 Å². The summed E-state index contributed by atoms with van der Waals surface area (Å²) in [6.45, 7) is 0.315. The number of nitrogens with zero attached hydrogens (tertiary/aromatic N) is 2. The van der Waals surface area contributed by atoms with E-state index in [-0.39, 0.29) is 11.7 Å². The maximum Gasteiger partial charge on any atom is 0.251 e. The Labute approximate surface area is 148 Å². The molecule has 5 nitrogen and oxygen atoms in total. The zero-order chi connectivity index (χ0) is 17.9. The van der Waals surface area contributed by atoms with Crippen molar-refractivity contribution in [1.82, 2.24) is 15.3 Å². The zero-order valence-corrected chi connectivity index (χ0v) is 13.6. The second-order valence-corrected chi connectivity index (χ2v) is 5.75. The standard InChI is InChI=1S/C20H14FN3O2/c21-16-4-1-13(2-5-16)12-23-19(25)15-3-6-17-18(11-15)26-20(24-17)14-7-9-22-10-8-14/h1-11H,12H2,(H,23,25). The summed E-state index contributed by atoms with van der Waals surface area (Å²) in [5, 5.41) is 2.81. The molecule has 6 heteroatoms. The van der Waals surface area contributed by atoms with Gasteiger partial charge in [-0.15, -0.1) is 0 Å². The van der Waals surface area contributed by atoms with Crippen molar-refractivity contribution in [2.75, 3.05) is 0 Å². The molecule has 0 spiro atoms. The molecule has 1 amide bonds. The number of amides is 1. The van der Waals surface area contributed by atoms with Crippen LogP contribution in [0.2, 0.25) is 0 Å². The van der Waals surface area contributed by atoms with Crippen LogP contribution < -0.4 is 5.32 Å². The Bertz CT molecular complexity index is 1060. The fourth-order valence-electron chi connectivity index (χ4n) is 2.57. The molecule has 0 atom stereocenters. The molecular formula is C20H14FN3O2. The Kier molecular flexibility index (Phi) is 4.15. The molecule has 4 aromatic rings. The lowest BCUT2D eigenvalue weighted by atomic mass is 10.2. The molecule has 0 aliphatic rings. The van der Waals surface area contributed by atoms with E-state index in [0.29, 0.717) is 29.1 Å². The first-order chi connectivity index (χ1) is 12.7. The van der Waals surface area contributed by atoms with Crippen LogP contribution in [0.15, 0.2) is 71.4 Å². The van der Waals surface area contributed by atoms with Crippen molar-refractivity contribution < 1.29 is 13.6 Å². The molecule has 0 aliphatic heterocycles. The van der Waals surface area contributed by atoms with Crippen LogP contribution in [-0.2, 0) is 6.54 Å². The molecule has 1 N–H and O–H groups in total. The van der Waals surface area contributed by atoms with Gasteiger partial charge in [0, 0.05) is 30.1 Å². The molecule has 2 aromatic heterocycles. The molecule has 0 aliphatic carbocycles. The number of halogens is 1. The number of benzene rings is 2. The van der Waals surface area contributed by atoms with Gasteiger partial charge in [-0.2, -0.15) is 0 Å². The molecular weight excluding hydrogens is 333 g/mol. The minimum Gasteiger partial charge on any atom is -0.436 e. The highest BCUT2D eigenvalue weighted by Gasteiger charge is 2.12. The normalized spacial score (nSPS) is 10.8. The van der Waals surface area contributed by atoms with E-state index >= 15 is 0 Å². The van der Waals surface area contributed by atoms with Crippen LogP contribution in [0, 0.1) is 5.82 Å². The summed E-state index contributed by atoms with van der Waals surface area (Å²) in [4.78, 5) is 20.7. The van der Waals surface area contributed by atoms with Gasteiger partial charge in [0.25, 0.3) is 5.91 Å². The Morgan fingerprint density at radius 2 is 1.81 bits per heavy atom. The lowest BCUT2D eigenvalue weighted by Crippen LogP contribution is -2.22. The van der Waals surface area contributed by atoms with E-state index in [1.807, 2.05) is 0 Å². The van der Waals surface area contributed by atoms with Crippen LogP contribution in [0.4, 0.5) is 4.39 Å². The van der Waals surface area contributed by atoms with E-state index in [9.17, 15) is 9.18 Å². The minimum absolute atomic E-state index is 0.238. The highest BCUT2D eigenvalue weighted by Crippen LogP contribution is 2.24. The molecule has 0 bridgehead atoms. The van der Waals surface area contributed by atoms with E-state index in [1.54, 1.807) is 54.9 Å². The maximum absolute atomic E-state index is 12.9. The third kappa shape index (κ3) is 3.30. The van der Waals surface area contributed by atoms with Crippen molar-refractivity contribution >= 4 is 17.0 Å². The van der Waals surface area contributed by atoms with E-state index < -0.39 is 0 Å². The van der Waals surface area contributed by atoms with E-state index in [4.69, 9.17) is 4.42 Å². The molecule has 0 saturated carbocycles. The van der Waals surface area contributed by atoms with Gasteiger partial charge in [0.05, 0.1) is 0 Å². The fraction of sp³-hybridized carbons (Fsp3) is 0.0500. The number of fused-ring (bicyclic) bond motifs is 1. The minimum atomic E-state index is -0.305. The summed E-state index contributed by atoms with van der Waals surface area (Å²) in [5.41, 5.74) is 3.31. The quantitative estimate of drug-likeness (QED) is 0.607. The van der Waals surface area contributed by atoms with E-state index in [2.05, 4.69) is 15.3 Å². The van der Waals surface area contributed by atoms with Crippen molar-refractivity contribution in [3.63, 3.8) is 0 Å². The first-order valence-electron chi connectivity index (χ1n) is 8.03. The monoisotopic (exact) mass is 347 g/mol. The van der Waals surface area contributed by atoms with Crippen LogP contribution in [0.5, 0.6) is 0 Å². The molecule has 128 valence electrons. The summed E-state index contributed by atoms with van der Waals surface area (Å²) in [7, 11) is 0. The van der Waals surface area contributed by atoms with E-state index in [1.165, 1.54) is 12.1 Å². The summed E-state index contributed by atoms with van der Waals surface area (Å²) in [5.74, 6) is -0.0646. The number of carbonyl (C=O) groups excluding carboxylic acids is 1. The van der Waals surface area contributed by atoms with Gasteiger partial charge >= 0.3 is 0 Å². The van der Waals surface area contributed by atoms with Gasteiger partial charge in [-0.25, -0.2) is 9.37 Å². The maximum atomic E-state index is 12.9. The number of oxazole rings is 1. The molecule has 0 saturated heterocycles. The van der Waals surface area contributed by atoms with Crippen LogP contribution in [0.1, 0.15) is 15.9 Å². The number of nitrogens with one attached hydrogen (secondary N) is 1. The molecule has 2 heterocycles. The highest BCUT2D eigenvalue weighted by molar-refractivity contribution is 5.97. The Morgan fingerprint density at radius 3 is 2.58 bits per heavy atom. The summed E-state index contributed by atoms with van der Waals surface area (Å²) >= 11 is 0. The van der Waals surface area contributed by atoms with Crippen molar-refractivity contribution in [2.45, 2.75) is 6.54 Å². The zero-order valence-electron chi connectivity index (χ0n) is 13.6. The molecule has 0 fully saturated rings. The van der Waals surface area contributed by atoms with Gasteiger partial charge in [-0.1, -0.05) is 12.1 Å². The first-order valence-corrected chi connectivity index (χ1v) is 8.03. The van der Waals surface area contributed by atoms with Gasteiger partial charge in [0.1, 0.15) is 11.3 Å². The van der Waals surface area contributed by atoms with E-state index in [0.717, 1.165) is 11.1 Å². The van der Waals surface area contributed by atoms with Gasteiger partial charge in [0.15, 0.2) is 5.58 Å². The van der Waals surface area contributed by atoms with Crippen LogP contribution in [0.25, 0.3) is 22.6 Å². The number of hydrogen-bond donors (Lipinski definition) is 1. The smallest absolute Gasteiger partial charge is 0.251 e. The van der Waals surface area contributed by atoms with Crippen molar-refractivity contribution in [2.24, 2.45) is 0 Å². The molecule has 0 radical (unpaired) electrons. The van der Waals surface area contributed by atoms with Crippen molar-refractivity contribution in [1.29, 1.82) is 0 Å².